The van der Waals surface area contributed by atoms with Crippen molar-refractivity contribution < 1.29 is 13.2 Å². The van der Waals surface area contributed by atoms with Gasteiger partial charge in [-0.25, -0.2) is 13.4 Å². The van der Waals surface area contributed by atoms with Gasteiger partial charge in [0.25, 0.3) is 5.56 Å². The van der Waals surface area contributed by atoms with Crippen molar-refractivity contribution >= 4 is 50.0 Å². The molecule has 7 nitrogen and oxygen atoms in total. The first-order chi connectivity index (χ1) is 12.8. The highest BCUT2D eigenvalue weighted by Crippen LogP contribution is 2.21. The zero-order valence-corrected chi connectivity index (χ0v) is 16.7. The number of halogens is 1. The third-order valence-electron chi connectivity index (χ3n) is 4.12. The molecule has 1 saturated heterocycles. The summed E-state index contributed by atoms with van der Waals surface area (Å²) in [6.45, 7) is 3.91. The molecule has 1 atom stereocenters. The van der Waals surface area contributed by atoms with Gasteiger partial charge in [-0.1, -0.05) is 29.4 Å². The fourth-order valence-corrected chi connectivity index (χ4v) is 5.54. The van der Waals surface area contributed by atoms with E-state index in [1.54, 1.807) is 24.3 Å². The van der Waals surface area contributed by atoms with Crippen LogP contribution in [0.4, 0.5) is 0 Å². The lowest BCUT2D eigenvalue weighted by Crippen LogP contribution is -2.36. The van der Waals surface area contributed by atoms with E-state index in [2.05, 4.69) is 16.9 Å². The maximum Gasteiger partial charge on any atom is 0.262 e. The lowest BCUT2D eigenvalue weighted by molar-refractivity contribution is -0.119. The van der Waals surface area contributed by atoms with Crippen molar-refractivity contribution in [2.24, 2.45) is 0 Å². The number of carbonyl (C=O) groups excluding carboxylic acids is 1. The lowest BCUT2D eigenvalue weighted by atomic mass is 10.2. The van der Waals surface area contributed by atoms with Gasteiger partial charge in [-0.2, -0.15) is 0 Å². The van der Waals surface area contributed by atoms with Crippen LogP contribution in [0.2, 0.25) is 5.02 Å². The van der Waals surface area contributed by atoms with Crippen molar-refractivity contribution in [3.63, 3.8) is 0 Å². The highest BCUT2D eigenvalue weighted by atomic mass is 35.5. The van der Waals surface area contributed by atoms with Crippen LogP contribution >= 0.6 is 23.4 Å². The Balaban J connectivity index is 1.79. The smallest absolute Gasteiger partial charge is 0.262 e. The third kappa shape index (κ3) is 4.72. The zero-order valence-electron chi connectivity index (χ0n) is 14.4. The molecule has 0 spiro atoms. The molecular weight excluding hydrogens is 410 g/mol. The van der Waals surface area contributed by atoms with Gasteiger partial charge in [-0.15, -0.1) is 6.58 Å². The number of rotatable bonds is 6. The van der Waals surface area contributed by atoms with Gasteiger partial charge in [-0.05, 0) is 24.6 Å². The fraction of sp³-hybridized carbons (Fsp3) is 0.353. The van der Waals surface area contributed by atoms with Crippen LogP contribution in [0.3, 0.4) is 0 Å². The van der Waals surface area contributed by atoms with Crippen molar-refractivity contribution in [1.82, 2.24) is 14.9 Å². The number of benzene rings is 1. The summed E-state index contributed by atoms with van der Waals surface area (Å²) >= 11 is 7.10. The minimum absolute atomic E-state index is 0.0200. The van der Waals surface area contributed by atoms with Crippen molar-refractivity contribution in [3.8, 4) is 0 Å². The molecule has 1 aromatic carbocycles. The molecule has 2 heterocycles. The summed E-state index contributed by atoms with van der Waals surface area (Å²) in [4.78, 5) is 29.3. The highest BCUT2D eigenvalue weighted by molar-refractivity contribution is 7.99. The maximum atomic E-state index is 12.7. The quantitative estimate of drug-likeness (QED) is 0.427. The number of amides is 1. The van der Waals surface area contributed by atoms with Gasteiger partial charge in [0.2, 0.25) is 5.91 Å². The predicted molar refractivity (Wildman–Crippen MR) is 107 cm³/mol. The Morgan fingerprint density at radius 2 is 2.26 bits per heavy atom. The molecule has 2 aromatic rings. The SMILES string of the molecule is C=CCn1c(SCC(=O)NC2CCS(=O)(=O)C2)nc2cc(Cl)ccc2c1=O. The van der Waals surface area contributed by atoms with Crippen molar-refractivity contribution in [3.05, 3.63) is 46.2 Å². The van der Waals surface area contributed by atoms with Crippen LogP contribution in [0.5, 0.6) is 0 Å². The Morgan fingerprint density at radius 1 is 1.48 bits per heavy atom. The number of nitrogens with zero attached hydrogens (tertiary/aromatic N) is 2. The molecule has 1 aromatic heterocycles. The van der Waals surface area contributed by atoms with Gasteiger partial charge >= 0.3 is 0 Å². The summed E-state index contributed by atoms with van der Waals surface area (Å²) in [5.74, 6) is -0.215. The van der Waals surface area contributed by atoms with E-state index in [0.29, 0.717) is 27.5 Å². The summed E-state index contributed by atoms with van der Waals surface area (Å²) in [7, 11) is -3.06. The lowest BCUT2D eigenvalue weighted by Gasteiger charge is -2.13. The Labute approximate surface area is 165 Å². The van der Waals surface area contributed by atoms with Gasteiger partial charge in [0.05, 0.1) is 28.2 Å². The van der Waals surface area contributed by atoms with Gasteiger partial charge in [-0.3, -0.25) is 14.2 Å². The summed E-state index contributed by atoms with van der Waals surface area (Å²) < 4.78 is 24.4. The molecule has 144 valence electrons. The number of hydrogen-bond acceptors (Lipinski definition) is 6. The van der Waals surface area contributed by atoms with Gasteiger partial charge in [0, 0.05) is 17.6 Å². The number of fused-ring (bicyclic) bond motifs is 1. The van der Waals surface area contributed by atoms with Crippen LogP contribution in [0.15, 0.2) is 40.8 Å². The predicted octanol–water partition coefficient (Wildman–Crippen LogP) is 1.63. The minimum atomic E-state index is -3.06. The molecule has 1 N–H and O–H groups in total. The molecule has 0 radical (unpaired) electrons. The van der Waals surface area contributed by atoms with E-state index in [-0.39, 0.29) is 41.3 Å². The standard InChI is InChI=1S/C17H18ClN3O4S2/c1-2-6-21-16(23)13-4-3-11(18)8-14(13)20-17(21)26-9-15(22)19-12-5-7-27(24,25)10-12/h2-4,8,12H,1,5-7,9-10H2,(H,19,22). The number of hydrogen-bond donors (Lipinski definition) is 1. The molecule has 1 aliphatic rings. The molecule has 1 fully saturated rings. The molecule has 1 aliphatic heterocycles. The average molecular weight is 428 g/mol. The van der Waals surface area contributed by atoms with E-state index in [0.717, 1.165) is 11.8 Å². The average Bonchev–Trinajstić information content (AvgIpc) is 2.94. The first kappa shape index (κ1) is 19.9. The van der Waals surface area contributed by atoms with Crippen LogP contribution in [0.1, 0.15) is 6.42 Å². The van der Waals surface area contributed by atoms with Gasteiger partial charge in [0.1, 0.15) is 0 Å². The topological polar surface area (TPSA) is 98.1 Å². The highest BCUT2D eigenvalue weighted by Gasteiger charge is 2.28. The number of sulfone groups is 1. The van der Waals surface area contributed by atoms with Crippen LogP contribution in [-0.2, 0) is 21.2 Å². The fourth-order valence-electron chi connectivity index (χ4n) is 2.88. The van der Waals surface area contributed by atoms with Crippen LogP contribution in [0, 0.1) is 0 Å². The summed E-state index contributed by atoms with van der Waals surface area (Å²) in [6.07, 6.45) is 2.00. The molecule has 0 aliphatic carbocycles. The molecule has 0 bridgehead atoms. The number of allylic oxidation sites excluding steroid dienone is 1. The first-order valence-corrected chi connectivity index (χ1v) is 11.4. The van der Waals surface area contributed by atoms with Crippen LogP contribution in [-0.4, -0.2) is 47.2 Å². The molecule has 10 heteroatoms. The Kier molecular flexibility index (Phi) is 5.92. The normalized spacial score (nSPS) is 18.5. The summed E-state index contributed by atoms with van der Waals surface area (Å²) in [5, 5.41) is 4.00. The van der Waals surface area contributed by atoms with E-state index in [1.165, 1.54) is 4.57 Å². The second kappa shape index (κ2) is 8.04. The number of nitrogens with one attached hydrogen (secondary N) is 1. The number of carbonyl (C=O) groups is 1. The second-order valence-electron chi connectivity index (χ2n) is 6.22. The van der Waals surface area contributed by atoms with Gasteiger partial charge in [0.15, 0.2) is 15.0 Å². The Hall–Kier alpha value is -1.84. The largest absolute Gasteiger partial charge is 0.352 e. The molecule has 1 unspecified atom stereocenters. The molecular formula is C17H18ClN3O4S2. The van der Waals surface area contributed by atoms with Crippen molar-refractivity contribution in [2.75, 3.05) is 17.3 Å². The molecule has 3 rings (SSSR count). The maximum absolute atomic E-state index is 12.7. The van der Waals surface area contributed by atoms with Crippen LogP contribution < -0.4 is 10.9 Å². The Morgan fingerprint density at radius 3 is 2.93 bits per heavy atom. The van der Waals surface area contributed by atoms with E-state index in [4.69, 9.17) is 11.6 Å². The summed E-state index contributed by atoms with van der Waals surface area (Å²) in [5.41, 5.74) is 0.221. The van der Waals surface area contributed by atoms with Crippen LogP contribution in [0.25, 0.3) is 10.9 Å². The van der Waals surface area contributed by atoms with Gasteiger partial charge < -0.3 is 5.32 Å². The number of aromatic nitrogens is 2. The minimum Gasteiger partial charge on any atom is -0.352 e. The van der Waals surface area contributed by atoms with E-state index in [1.807, 2.05) is 0 Å². The third-order valence-corrected chi connectivity index (χ3v) is 7.10. The van der Waals surface area contributed by atoms with E-state index in [9.17, 15) is 18.0 Å². The van der Waals surface area contributed by atoms with E-state index >= 15 is 0 Å². The summed E-state index contributed by atoms with van der Waals surface area (Å²) in [6, 6.07) is 4.49. The van der Waals surface area contributed by atoms with Crippen molar-refractivity contribution in [2.45, 2.75) is 24.2 Å². The van der Waals surface area contributed by atoms with Crippen molar-refractivity contribution in [1.29, 1.82) is 0 Å². The molecule has 1 amide bonds. The van der Waals surface area contributed by atoms with E-state index < -0.39 is 9.84 Å². The second-order valence-corrected chi connectivity index (χ2v) is 9.82. The first-order valence-electron chi connectivity index (χ1n) is 8.22. The zero-order chi connectivity index (χ0) is 19.6. The Bertz CT molecular complexity index is 1070. The molecule has 0 saturated carbocycles. The monoisotopic (exact) mass is 427 g/mol. The number of thioether (sulfide) groups is 1. The molecule has 27 heavy (non-hydrogen) atoms.